The minimum Gasteiger partial charge on any atom is -0.490 e. The maximum atomic E-state index is 12.1. The summed E-state index contributed by atoms with van der Waals surface area (Å²) in [6, 6.07) is 25.1. The summed E-state index contributed by atoms with van der Waals surface area (Å²) in [6.07, 6.45) is 1.11. The molecule has 1 atom stereocenters. The summed E-state index contributed by atoms with van der Waals surface area (Å²) in [6.45, 7) is 10.9. The van der Waals surface area contributed by atoms with Gasteiger partial charge in [-0.1, -0.05) is 48.5 Å². The summed E-state index contributed by atoms with van der Waals surface area (Å²) in [5.41, 5.74) is 11.7. The van der Waals surface area contributed by atoms with Crippen molar-refractivity contribution in [2.75, 3.05) is 19.8 Å². The van der Waals surface area contributed by atoms with Crippen LogP contribution in [0.15, 0.2) is 72.8 Å². The van der Waals surface area contributed by atoms with Gasteiger partial charge < -0.3 is 18.9 Å². The van der Waals surface area contributed by atoms with Crippen LogP contribution < -0.4 is 9.47 Å². The summed E-state index contributed by atoms with van der Waals surface area (Å²) in [4.78, 5) is 23.1. The van der Waals surface area contributed by atoms with Gasteiger partial charge in [-0.2, -0.15) is 0 Å². The van der Waals surface area contributed by atoms with Gasteiger partial charge in [0, 0.05) is 19.3 Å². The van der Waals surface area contributed by atoms with Crippen molar-refractivity contribution in [2.24, 2.45) is 0 Å². The molecule has 0 spiro atoms. The Labute approximate surface area is 259 Å². The van der Waals surface area contributed by atoms with Crippen LogP contribution in [0.2, 0.25) is 0 Å². The minimum atomic E-state index is -0.311. The van der Waals surface area contributed by atoms with Crippen LogP contribution >= 0.6 is 0 Å². The van der Waals surface area contributed by atoms with E-state index in [1.165, 1.54) is 45.9 Å². The normalized spacial score (nSPS) is 13.2. The Bertz CT molecular complexity index is 1650. The van der Waals surface area contributed by atoms with Crippen LogP contribution in [0.25, 0.3) is 22.3 Å². The summed E-state index contributed by atoms with van der Waals surface area (Å²) in [5, 5.41) is 0. The van der Waals surface area contributed by atoms with E-state index in [4.69, 9.17) is 18.9 Å². The number of ether oxygens (including phenoxy) is 4. The van der Waals surface area contributed by atoms with Crippen molar-refractivity contribution in [3.05, 3.63) is 106 Å². The van der Waals surface area contributed by atoms with Crippen molar-refractivity contribution in [1.29, 1.82) is 0 Å². The summed E-state index contributed by atoms with van der Waals surface area (Å²) in [5.74, 6) is 1.28. The van der Waals surface area contributed by atoms with Crippen molar-refractivity contribution in [3.63, 3.8) is 0 Å². The smallest absolute Gasteiger partial charge is 0.305 e. The maximum Gasteiger partial charge on any atom is 0.305 e. The molecule has 0 heterocycles. The van der Waals surface area contributed by atoms with E-state index in [1.54, 1.807) is 0 Å². The molecule has 0 fully saturated rings. The van der Waals surface area contributed by atoms with Crippen molar-refractivity contribution in [1.82, 2.24) is 0 Å². The van der Waals surface area contributed by atoms with Gasteiger partial charge >= 0.3 is 11.9 Å². The molecule has 0 aromatic heterocycles. The molecule has 1 aliphatic rings. The number of hydrogen-bond donors (Lipinski definition) is 0. The monoisotopic (exact) mass is 592 g/mol. The fraction of sp³-hybridized carbons (Fsp3) is 0.316. The Hall–Kier alpha value is -4.58. The average molecular weight is 593 g/mol. The van der Waals surface area contributed by atoms with Gasteiger partial charge in [0.1, 0.15) is 31.3 Å². The van der Waals surface area contributed by atoms with Crippen LogP contribution in [-0.4, -0.2) is 31.8 Å². The molecule has 6 nitrogen and oxygen atoms in total. The zero-order chi connectivity index (χ0) is 31.2. The van der Waals surface area contributed by atoms with Crippen molar-refractivity contribution < 1.29 is 28.5 Å². The van der Waals surface area contributed by atoms with Crippen LogP contribution in [0, 0.1) is 20.8 Å². The second-order valence-corrected chi connectivity index (χ2v) is 11.2. The molecule has 0 aliphatic heterocycles. The van der Waals surface area contributed by atoms with E-state index in [2.05, 4.69) is 75.4 Å². The van der Waals surface area contributed by atoms with E-state index in [0.717, 1.165) is 34.6 Å². The fourth-order valence-corrected chi connectivity index (χ4v) is 6.23. The van der Waals surface area contributed by atoms with Crippen molar-refractivity contribution >= 4 is 11.9 Å². The molecule has 4 aromatic rings. The molecule has 0 N–H and O–H groups in total. The fourth-order valence-electron chi connectivity index (χ4n) is 6.23. The Kier molecular flexibility index (Phi) is 9.69. The second kappa shape index (κ2) is 13.8. The van der Waals surface area contributed by atoms with E-state index in [1.807, 2.05) is 25.1 Å². The summed E-state index contributed by atoms with van der Waals surface area (Å²) >= 11 is 0. The Morgan fingerprint density at radius 1 is 0.727 bits per heavy atom. The third kappa shape index (κ3) is 6.80. The molecule has 1 unspecified atom stereocenters. The van der Waals surface area contributed by atoms with Gasteiger partial charge in [-0.25, -0.2) is 0 Å². The van der Waals surface area contributed by atoms with E-state index in [-0.39, 0.29) is 24.5 Å². The molecule has 0 saturated heterocycles. The third-order valence-electron chi connectivity index (χ3n) is 8.24. The Balaban J connectivity index is 1.32. The number of benzene rings is 4. The highest BCUT2D eigenvalue weighted by Crippen LogP contribution is 2.48. The van der Waals surface area contributed by atoms with Crippen molar-refractivity contribution in [2.45, 2.75) is 60.0 Å². The van der Waals surface area contributed by atoms with Crippen LogP contribution in [-0.2, 0) is 25.7 Å². The van der Waals surface area contributed by atoms with Gasteiger partial charge in [-0.3, -0.25) is 9.59 Å². The minimum absolute atomic E-state index is 0.151. The molecule has 5 rings (SSSR count). The first kappa shape index (κ1) is 30.9. The zero-order valence-corrected chi connectivity index (χ0v) is 26.2. The highest BCUT2D eigenvalue weighted by Gasteiger charge is 2.29. The molecule has 0 bridgehead atoms. The number of rotatable bonds is 12. The molecular formula is C38H40O6. The standard InChI is InChI=1S/C38H40O6/c1-6-41-37(40)17-16-34-32-11-7-8-12-33(32)36-22-29(14-15-35(34)36)44-23-28-10-9-13-31(26(28)4)38-24(2)20-30(21-25(38)3)43-19-18-42-27(5)39/h7-15,20-22,34H,6,16-19,23H2,1-5H3. The topological polar surface area (TPSA) is 71.1 Å². The predicted octanol–water partition coefficient (Wildman–Crippen LogP) is 8.26. The molecule has 1 aliphatic carbocycles. The third-order valence-corrected chi connectivity index (χ3v) is 8.24. The number of esters is 2. The lowest BCUT2D eigenvalue weighted by molar-refractivity contribution is -0.143. The van der Waals surface area contributed by atoms with Crippen LogP contribution in [0.1, 0.15) is 66.0 Å². The molecule has 0 saturated carbocycles. The van der Waals surface area contributed by atoms with Gasteiger partial charge in [-0.05, 0) is 114 Å². The quantitative estimate of drug-likeness (QED) is 0.122. The van der Waals surface area contributed by atoms with Crippen LogP contribution in [0.3, 0.4) is 0 Å². The van der Waals surface area contributed by atoms with Crippen molar-refractivity contribution in [3.8, 4) is 33.8 Å². The average Bonchev–Trinajstić information content (AvgIpc) is 3.31. The van der Waals surface area contributed by atoms with Gasteiger partial charge in [-0.15, -0.1) is 0 Å². The predicted molar refractivity (Wildman–Crippen MR) is 172 cm³/mol. The molecule has 4 aromatic carbocycles. The van der Waals surface area contributed by atoms with E-state index in [9.17, 15) is 9.59 Å². The van der Waals surface area contributed by atoms with Gasteiger partial charge in [0.2, 0.25) is 0 Å². The molecule has 228 valence electrons. The summed E-state index contributed by atoms with van der Waals surface area (Å²) < 4.78 is 22.4. The lowest BCUT2D eigenvalue weighted by Crippen LogP contribution is -2.09. The Morgan fingerprint density at radius 2 is 1.45 bits per heavy atom. The summed E-state index contributed by atoms with van der Waals surface area (Å²) in [7, 11) is 0. The lowest BCUT2D eigenvalue weighted by atomic mass is 9.90. The van der Waals surface area contributed by atoms with Gasteiger partial charge in [0.05, 0.1) is 6.61 Å². The Morgan fingerprint density at radius 3 is 2.20 bits per heavy atom. The van der Waals surface area contributed by atoms with E-state index in [0.29, 0.717) is 26.2 Å². The zero-order valence-electron chi connectivity index (χ0n) is 26.2. The maximum absolute atomic E-state index is 12.1. The second-order valence-electron chi connectivity index (χ2n) is 11.2. The molecule has 44 heavy (non-hydrogen) atoms. The van der Waals surface area contributed by atoms with E-state index < -0.39 is 0 Å². The molecule has 0 radical (unpaired) electrons. The molecule has 6 heteroatoms. The highest BCUT2D eigenvalue weighted by molar-refractivity contribution is 5.80. The molecular weight excluding hydrogens is 552 g/mol. The van der Waals surface area contributed by atoms with Gasteiger partial charge in [0.15, 0.2) is 0 Å². The number of hydrogen-bond acceptors (Lipinski definition) is 6. The van der Waals surface area contributed by atoms with Crippen LogP contribution in [0.5, 0.6) is 11.5 Å². The molecule has 0 amide bonds. The first-order valence-electron chi connectivity index (χ1n) is 15.2. The largest absolute Gasteiger partial charge is 0.490 e. The van der Waals surface area contributed by atoms with E-state index >= 15 is 0 Å². The highest BCUT2D eigenvalue weighted by atomic mass is 16.6. The van der Waals surface area contributed by atoms with Crippen LogP contribution in [0.4, 0.5) is 0 Å². The first-order chi connectivity index (χ1) is 21.3. The van der Waals surface area contributed by atoms with Gasteiger partial charge in [0.25, 0.3) is 0 Å². The SMILES string of the molecule is CCOC(=O)CCC1c2ccccc2-c2cc(OCc3cccc(-c4c(C)cc(OCCOC(C)=O)cc4C)c3C)ccc21. The number of fused-ring (bicyclic) bond motifs is 3. The number of aryl methyl sites for hydroxylation is 2. The number of carbonyl (C=O) groups excluding carboxylic acids is 2. The lowest BCUT2D eigenvalue weighted by Gasteiger charge is -2.18. The number of carbonyl (C=O) groups is 2. The first-order valence-corrected chi connectivity index (χ1v) is 15.2.